The van der Waals surface area contributed by atoms with Crippen LogP contribution in [0.1, 0.15) is 30.3 Å². The highest BCUT2D eigenvalue weighted by Crippen LogP contribution is 2.26. The summed E-state index contributed by atoms with van der Waals surface area (Å²) in [6, 6.07) is 5.78. The van der Waals surface area contributed by atoms with Gasteiger partial charge in [0.1, 0.15) is 5.75 Å². The summed E-state index contributed by atoms with van der Waals surface area (Å²) in [6.07, 6.45) is 0.961. The molecule has 0 fully saturated rings. The van der Waals surface area contributed by atoms with Gasteiger partial charge in [-0.05, 0) is 44.9 Å². The van der Waals surface area contributed by atoms with Gasteiger partial charge in [0.25, 0.3) is 0 Å². The van der Waals surface area contributed by atoms with Gasteiger partial charge in [0.15, 0.2) is 0 Å². The zero-order chi connectivity index (χ0) is 14.0. The van der Waals surface area contributed by atoms with E-state index in [1.165, 1.54) is 5.56 Å². The highest BCUT2D eigenvalue weighted by molar-refractivity contribution is 5.57. The van der Waals surface area contributed by atoms with Crippen LogP contribution in [0.25, 0.3) is 5.69 Å². The Balaban J connectivity index is 2.42. The molecule has 0 radical (unpaired) electrons. The third-order valence-corrected chi connectivity index (χ3v) is 3.36. The molecular formula is C15H21N3O. The average molecular weight is 259 g/mol. The van der Waals surface area contributed by atoms with Crippen molar-refractivity contribution in [1.82, 2.24) is 9.78 Å². The zero-order valence-electron chi connectivity index (χ0n) is 12.0. The van der Waals surface area contributed by atoms with E-state index in [0.29, 0.717) is 12.3 Å². The number of ether oxygens (including phenoxy) is 1. The third-order valence-electron chi connectivity index (χ3n) is 3.36. The highest BCUT2D eigenvalue weighted by atomic mass is 16.5. The van der Waals surface area contributed by atoms with Crippen molar-refractivity contribution in [3.05, 3.63) is 35.2 Å². The number of nitrogens with zero attached hydrogens (tertiary/aromatic N) is 2. The lowest BCUT2D eigenvalue weighted by Gasteiger charge is -2.11. The van der Waals surface area contributed by atoms with Crippen LogP contribution in [0.4, 0.5) is 5.69 Å². The Labute approximate surface area is 114 Å². The van der Waals surface area contributed by atoms with E-state index in [0.717, 1.165) is 29.2 Å². The molecule has 4 nitrogen and oxygen atoms in total. The summed E-state index contributed by atoms with van der Waals surface area (Å²) >= 11 is 0. The molecule has 2 rings (SSSR count). The Kier molecular flexibility index (Phi) is 3.79. The fourth-order valence-electron chi connectivity index (χ4n) is 1.96. The maximum atomic E-state index is 5.93. The molecule has 0 saturated carbocycles. The number of aryl methyl sites for hydroxylation is 1. The Morgan fingerprint density at radius 2 is 2.00 bits per heavy atom. The molecular weight excluding hydrogens is 238 g/mol. The summed E-state index contributed by atoms with van der Waals surface area (Å²) in [4.78, 5) is 0. The minimum atomic E-state index is 0.662. The van der Waals surface area contributed by atoms with Gasteiger partial charge >= 0.3 is 0 Å². The van der Waals surface area contributed by atoms with Crippen LogP contribution in [0.5, 0.6) is 5.75 Å². The number of anilines is 1. The molecule has 1 heterocycles. The highest BCUT2D eigenvalue weighted by Gasteiger charge is 2.10. The van der Waals surface area contributed by atoms with E-state index in [2.05, 4.69) is 25.9 Å². The van der Waals surface area contributed by atoms with Crippen LogP contribution in [0.2, 0.25) is 0 Å². The first-order valence-electron chi connectivity index (χ1n) is 6.60. The number of nitrogen functional groups attached to an aromatic ring is 1. The molecule has 1 aromatic heterocycles. The molecule has 0 spiro atoms. The number of aromatic nitrogens is 2. The normalized spacial score (nSPS) is 10.7. The van der Waals surface area contributed by atoms with Gasteiger partial charge in [0.05, 0.1) is 23.7 Å². The summed E-state index contributed by atoms with van der Waals surface area (Å²) < 4.78 is 7.59. The lowest BCUT2D eigenvalue weighted by Crippen LogP contribution is -2.03. The van der Waals surface area contributed by atoms with Crippen LogP contribution in [-0.2, 0) is 0 Å². The summed E-state index contributed by atoms with van der Waals surface area (Å²) in [5, 5.41) is 4.55. The molecule has 0 atom stereocenters. The molecule has 19 heavy (non-hydrogen) atoms. The van der Waals surface area contributed by atoms with E-state index in [9.17, 15) is 0 Å². The van der Waals surface area contributed by atoms with Gasteiger partial charge in [-0.3, -0.25) is 0 Å². The summed E-state index contributed by atoms with van der Waals surface area (Å²) in [6.45, 7) is 8.91. The van der Waals surface area contributed by atoms with Gasteiger partial charge in [-0.2, -0.15) is 5.10 Å². The van der Waals surface area contributed by atoms with Crippen molar-refractivity contribution in [2.45, 2.75) is 34.1 Å². The fraction of sp³-hybridized carbons (Fsp3) is 0.400. The van der Waals surface area contributed by atoms with Crippen LogP contribution in [0.3, 0.4) is 0 Å². The van der Waals surface area contributed by atoms with Gasteiger partial charge in [0, 0.05) is 11.8 Å². The Hall–Kier alpha value is -1.97. The van der Waals surface area contributed by atoms with Crippen LogP contribution >= 0.6 is 0 Å². The minimum Gasteiger partial charge on any atom is -0.491 e. The molecule has 0 unspecified atom stereocenters. The number of hydrogen-bond acceptors (Lipinski definition) is 3. The quantitative estimate of drug-likeness (QED) is 0.858. The lowest BCUT2D eigenvalue weighted by molar-refractivity contribution is 0.319. The van der Waals surface area contributed by atoms with Crippen molar-refractivity contribution in [2.75, 3.05) is 12.3 Å². The van der Waals surface area contributed by atoms with Gasteiger partial charge in [0.2, 0.25) is 0 Å². The Bertz CT molecular complexity index is 587. The largest absolute Gasteiger partial charge is 0.491 e. The van der Waals surface area contributed by atoms with Crippen molar-refractivity contribution in [3.63, 3.8) is 0 Å². The van der Waals surface area contributed by atoms with Crippen molar-refractivity contribution in [2.24, 2.45) is 0 Å². The molecule has 0 amide bonds. The molecule has 102 valence electrons. The fourth-order valence-corrected chi connectivity index (χ4v) is 1.96. The van der Waals surface area contributed by atoms with Crippen molar-refractivity contribution in [1.29, 1.82) is 0 Å². The predicted molar refractivity (Wildman–Crippen MR) is 78.0 cm³/mol. The predicted octanol–water partition coefficient (Wildman–Crippen LogP) is 3.17. The van der Waals surface area contributed by atoms with Gasteiger partial charge in [-0.1, -0.05) is 6.92 Å². The second-order valence-electron chi connectivity index (χ2n) is 4.78. The molecule has 2 N–H and O–H groups in total. The van der Waals surface area contributed by atoms with E-state index in [1.54, 1.807) is 0 Å². The minimum absolute atomic E-state index is 0.662. The SMILES string of the molecule is CCCOc1cc(-n2nc(C)c(C)c2C)ccc1N. The molecule has 2 aromatic rings. The first-order chi connectivity index (χ1) is 9.04. The van der Waals surface area contributed by atoms with E-state index in [-0.39, 0.29) is 0 Å². The van der Waals surface area contributed by atoms with E-state index in [4.69, 9.17) is 10.5 Å². The van der Waals surface area contributed by atoms with E-state index >= 15 is 0 Å². The number of nitrogens with two attached hydrogens (primary N) is 1. The standard InChI is InChI=1S/C15H21N3O/c1-5-8-19-15-9-13(6-7-14(15)16)18-12(4)10(2)11(3)17-18/h6-7,9H,5,8,16H2,1-4H3. The van der Waals surface area contributed by atoms with Gasteiger partial charge < -0.3 is 10.5 Å². The smallest absolute Gasteiger partial charge is 0.144 e. The molecule has 4 heteroatoms. The Morgan fingerprint density at radius 1 is 1.26 bits per heavy atom. The monoisotopic (exact) mass is 259 g/mol. The summed E-state index contributed by atoms with van der Waals surface area (Å²) in [5.41, 5.74) is 11.0. The maximum Gasteiger partial charge on any atom is 0.144 e. The Morgan fingerprint density at radius 3 is 2.58 bits per heavy atom. The molecule has 0 aliphatic rings. The lowest BCUT2D eigenvalue weighted by atomic mass is 10.2. The van der Waals surface area contributed by atoms with Crippen molar-refractivity contribution < 1.29 is 4.74 Å². The van der Waals surface area contributed by atoms with Gasteiger partial charge in [-0.15, -0.1) is 0 Å². The van der Waals surface area contributed by atoms with Crippen molar-refractivity contribution in [3.8, 4) is 11.4 Å². The summed E-state index contributed by atoms with van der Waals surface area (Å²) in [7, 11) is 0. The van der Waals surface area contributed by atoms with Crippen LogP contribution in [0, 0.1) is 20.8 Å². The first kappa shape index (κ1) is 13.5. The van der Waals surface area contributed by atoms with Crippen molar-refractivity contribution >= 4 is 5.69 Å². The van der Waals surface area contributed by atoms with E-state index < -0.39 is 0 Å². The molecule has 0 bridgehead atoms. The number of rotatable bonds is 4. The van der Waals surface area contributed by atoms with Crippen LogP contribution in [-0.4, -0.2) is 16.4 Å². The summed E-state index contributed by atoms with van der Waals surface area (Å²) in [5.74, 6) is 0.726. The second kappa shape index (κ2) is 5.34. The maximum absolute atomic E-state index is 5.93. The third kappa shape index (κ3) is 2.57. The number of benzene rings is 1. The average Bonchev–Trinajstić information content (AvgIpc) is 2.66. The molecule has 1 aromatic carbocycles. The van der Waals surface area contributed by atoms with Crippen LogP contribution < -0.4 is 10.5 Å². The number of hydrogen-bond donors (Lipinski definition) is 1. The first-order valence-corrected chi connectivity index (χ1v) is 6.60. The van der Waals surface area contributed by atoms with Crippen LogP contribution in [0.15, 0.2) is 18.2 Å². The molecule has 0 aliphatic carbocycles. The second-order valence-corrected chi connectivity index (χ2v) is 4.78. The zero-order valence-corrected chi connectivity index (χ0v) is 12.0. The van der Waals surface area contributed by atoms with Gasteiger partial charge in [-0.25, -0.2) is 4.68 Å². The topological polar surface area (TPSA) is 53.1 Å². The molecule has 0 saturated heterocycles. The molecule has 0 aliphatic heterocycles. The van der Waals surface area contributed by atoms with E-state index in [1.807, 2.05) is 29.8 Å².